The number of carbonyl (C=O) groups is 3. The number of amides is 3. The van der Waals surface area contributed by atoms with Gasteiger partial charge in [0, 0.05) is 13.1 Å². The van der Waals surface area contributed by atoms with Crippen molar-refractivity contribution in [3.8, 4) is 17.2 Å². The molecule has 9 heteroatoms. The van der Waals surface area contributed by atoms with Crippen LogP contribution in [-0.4, -0.2) is 48.4 Å². The van der Waals surface area contributed by atoms with E-state index in [1.54, 1.807) is 24.3 Å². The highest BCUT2D eigenvalue weighted by Crippen LogP contribution is 2.36. The van der Waals surface area contributed by atoms with Gasteiger partial charge in [-0.1, -0.05) is 39.0 Å². The van der Waals surface area contributed by atoms with E-state index in [1.165, 1.54) is 5.56 Å². The van der Waals surface area contributed by atoms with Crippen molar-refractivity contribution in [1.29, 1.82) is 0 Å². The molecule has 178 valence electrons. The molecule has 2 aromatic carbocycles. The van der Waals surface area contributed by atoms with Gasteiger partial charge < -0.3 is 19.5 Å². The minimum atomic E-state index is -0.392. The number of hydrogen-bond donors (Lipinski definition) is 1. The lowest BCUT2D eigenvalue weighted by atomic mass is 9.87. The SMILES string of the molecule is CC(C)(C)c1ccc(OCC(=O)NCCN2C(=O)S/C(=C\c3ccc4c(c3)OCO4)C2=O)cc1. The second-order valence-electron chi connectivity index (χ2n) is 8.86. The number of ether oxygens (including phenoxy) is 3. The molecule has 0 bridgehead atoms. The minimum absolute atomic E-state index is 0.0398. The fraction of sp³-hybridized carbons (Fsp3) is 0.320. The van der Waals surface area contributed by atoms with Crippen molar-refractivity contribution in [2.45, 2.75) is 26.2 Å². The summed E-state index contributed by atoms with van der Waals surface area (Å²) in [6.07, 6.45) is 1.64. The number of imide groups is 1. The zero-order chi connectivity index (χ0) is 24.3. The van der Waals surface area contributed by atoms with Crippen molar-refractivity contribution >= 4 is 34.9 Å². The summed E-state index contributed by atoms with van der Waals surface area (Å²) < 4.78 is 16.1. The molecule has 2 heterocycles. The van der Waals surface area contributed by atoms with E-state index >= 15 is 0 Å². The van der Waals surface area contributed by atoms with Crippen molar-refractivity contribution in [2.24, 2.45) is 0 Å². The predicted octanol–water partition coefficient (Wildman–Crippen LogP) is 3.94. The molecular formula is C25H26N2O6S. The second kappa shape index (κ2) is 9.80. The van der Waals surface area contributed by atoms with E-state index in [4.69, 9.17) is 14.2 Å². The number of carbonyl (C=O) groups excluding carboxylic acids is 3. The van der Waals surface area contributed by atoms with Crippen LogP contribution in [0.25, 0.3) is 6.08 Å². The number of benzene rings is 2. The largest absolute Gasteiger partial charge is 0.484 e. The summed E-state index contributed by atoms with van der Waals surface area (Å²) in [5.74, 6) is 1.12. The number of rotatable bonds is 7. The molecule has 0 spiro atoms. The summed E-state index contributed by atoms with van der Waals surface area (Å²) in [7, 11) is 0. The average molecular weight is 483 g/mol. The van der Waals surface area contributed by atoms with Gasteiger partial charge in [0.05, 0.1) is 4.91 Å². The van der Waals surface area contributed by atoms with E-state index in [1.807, 2.05) is 24.3 Å². The fourth-order valence-corrected chi connectivity index (χ4v) is 4.27. The topological polar surface area (TPSA) is 94.2 Å². The van der Waals surface area contributed by atoms with E-state index in [2.05, 4.69) is 26.1 Å². The van der Waals surface area contributed by atoms with Gasteiger partial charge >= 0.3 is 0 Å². The first-order valence-electron chi connectivity index (χ1n) is 10.9. The third-order valence-corrected chi connectivity index (χ3v) is 6.22. The maximum Gasteiger partial charge on any atom is 0.293 e. The highest BCUT2D eigenvalue weighted by molar-refractivity contribution is 8.18. The van der Waals surface area contributed by atoms with E-state index < -0.39 is 5.91 Å². The lowest BCUT2D eigenvalue weighted by Crippen LogP contribution is -2.38. The molecular weight excluding hydrogens is 456 g/mol. The van der Waals surface area contributed by atoms with Crippen LogP contribution in [0.4, 0.5) is 4.79 Å². The molecule has 8 nitrogen and oxygen atoms in total. The maximum absolute atomic E-state index is 12.7. The summed E-state index contributed by atoms with van der Waals surface area (Å²) >= 11 is 0.868. The Hall–Kier alpha value is -3.46. The third-order valence-electron chi connectivity index (χ3n) is 5.32. The van der Waals surface area contributed by atoms with E-state index in [0.717, 1.165) is 22.2 Å². The van der Waals surface area contributed by atoms with Crippen LogP contribution in [0.2, 0.25) is 0 Å². The summed E-state index contributed by atoms with van der Waals surface area (Å²) in [5, 5.41) is 2.31. The molecule has 2 aliphatic heterocycles. The molecule has 1 fully saturated rings. The molecule has 0 atom stereocenters. The van der Waals surface area contributed by atoms with Crippen molar-refractivity contribution in [3.63, 3.8) is 0 Å². The summed E-state index contributed by atoms with van der Waals surface area (Å²) in [4.78, 5) is 38.5. The van der Waals surface area contributed by atoms with Crippen LogP contribution in [-0.2, 0) is 15.0 Å². The summed E-state index contributed by atoms with van der Waals surface area (Å²) in [6.45, 7) is 6.61. The molecule has 1 saturated heterocycles. The fourth-order valence-electron chi connectivity index (χ4n) is 3.41. The Morgan fingerprint density at radius 3 is 2.59 bits per heavy atom. The highest BCUT2D eigenvalue weighted by Gasteiger charge is 2.34. The van der Waals surface area contributed by atoms with Gasteiger partial charge in [0.15, 0.2) is 18.1 Å². The molecule has 34 heavy (non-hydrogen) atoms. The molecule has 2 aliphatic rings. The van der Waals surface area contributed by atoms with Crippen LogP contribution in [0.15, 0.2) is 47.4 Å². The van der Waals surface area contributed by atoms with E-state index in [-0.39, 0.29) is 43.1 Å². The third kappa shape index (κ3) is 5.53. The van der Waals surface area contributed by atoms with Gasteiger partial charge in [0.2, 0.25) is 6.79 Å². The van der Waals surface area contributed by atoms with Crippen molar-refractivity contribution in [1.82, 2.24) is 10.2 Å². The smallest absolute Gasteiger partial charge is 0.293 e. The predicted molar refractivity (Wildman–Crippen MR) is 129 cm³/mol. The minimum Gasteiger partial charge on any atom is -0.484 e. The Balaban J connectivity index is 1.24. The van der Waals surface area contributed by atoms with Crippen LogP contribution in [0.5, 0.6) is 17.2 Å². The Labute approximate surface area is 202 Å². The number of nitrogens with zero attached hydrogens (tertiary/aromatic N) is 1. The zero-order valence-electron chi connectivity index (χ0n) is 19.3. The van der Waals surface area contributed by atoms with Gasteiger partial charge in [-0.2, -0.15) is 0 Å². The molecule has 1 N–H and O–H groups in total. The number of thioether (sulfide) groups is 1. The molecule has 2 aromatic rings. The summed E-state index contributed by atoms with van der Waals surface area (Å²) in [6, 6.07) is 12.9. The van der Waals surface area contributed by atoms with Crippen molar-refractivity contribution in [2.75, 3.05) is 26.5 Å². The van der Waals surface area contributed by atoms with Crippen LogP contribution in [0, 0.1) is 0 Å². The Morgan fingerprint density at radius 1 is 1.12 bits per heavy atom. The normalized spacial score (nSPS) is 16.3. The van der Waals surface area contributed by atoms with Gasteiger partial charge in [-0.15, -0.1) is 0 Å². The van der Waals surface area contributed by atoms with Crippen LogP contribution in [0.3, 0.4) is 0 Å². The molecule has 0 saturated carbocycles. The quantitative estimate of drug-likeness (QED) is 0.598. The van der Waals surface area contributed by atoms with Crippen LogP contribution < -0.4 is 19.5 Å². The van der Waals surface area contributed by atoms with E-state index in [9.17, 15) is 14.4 Å². The molecule has 0 radical (unpaired) electrons. The van der Waals surface area contributed by atoms with Gasteiger partial charge in [-0.25, -0.2) is 0 Å². The van der Waals surface area contributed by atoms with Crippen LogP contribution in [0.1, 0.15) is 31.9 Å². The first-order valence-corrected chi connectivity index (χ1v) is 11.7. The Bertz CT molecular complexity index is 1140. The molecule has 3 amide bonds. The lowest BCUT2D eigenvalue weighted by molar-refractivity contribution is -0.125. The first kappa shape index (κ1) is 23.7. The van der Waals surface area contributed by atoms with Gasteiger partial charge in [-0.3, -0.25) is 19.3 Å². The zero-order valence-corrected chi connectivity index (χ0v) is 20.1. The average Bonchev–Trinajstić information content (AvgIpc) is 3.36. The summed E-state index contributed by atoms with van der Waals surface area (Å²) in [5.41, 5.74) is 1.95. The van der Waals surface area contributed by atoms with Crippen molar-refractivity contribution < 1.29 is 28.6 Å². The van der Waals surface area contributed by atoms with Crippen molar-refractivity contribution in [3.05, 3.63) is 58.5 Å². The standard InChI is InChI=1S/C25H26N2O6S/c1-25(2,3)17-5-7-18(8-6-17)31-14-22(28)26-10-11-27-23(29)21(34-24(27)30)13-16-4-9-19-20(12-16)33-15-32-19/h4-9,12-13H,10-11,14-15H2,1-3H3,(H,26,28)/b21-13-. The monoisotopic (exact) mass is 482 g/mol. The van der Waals surface area contributed by atoms with Gasteiger partial charge in [0.1, 0.15) is 5.75 Å². The Kier molecular flexibility index (Phi) is 6.83. The van der Waals surface area contributed by atoms with Gasteiger partial charge in [-0.05, 0) is 58.6 Å². The first-order chi connectivity index (χ1) is 16.2. The van der Waals surface area contributed by atoms with Gasteiger partial charge in [0.25, 0.3) is 17.1 Å². The number of fused-ring (bicyclic) bond motifs is 1. The molecule has 0 unspecified atom stereocenters. The maximum atomic E-state index is 12.7. The lowest BCUT2D eigenvalue weighted by Gasteiger charge is -2.19. The Morgan fingerprint density at radius 2 is 1.85 bits per heavy atom. The molecule has 0 aromatic heterocycles. The molecule has 0 aliphatic carbocycles. The van der Waals surface area contributed by atoms with E-state index in [0.29, 0.717) is 22.2 Å². The molecule has 4 rings (SSSR count). The highest BCUT2D eigenvalue weighted by atomic mass is 32.2. The number of nitrogens with one attached hydrogen (secondary N) is 1. The van der Waals surface area contributed by atoms with Crippen LogP contribution >= 0.6 is 11.8 Å². The number of hydrogen-bond acceptors (Lipinski definition) is 7. The second-order valence-corrected chi connectivity index (χ2v) is 9.85.